The third kappa shape index (κ3) is 3.71. The molecule has 0 atom stereocenters. The van der Waals surface area contributed by atoms with Crippen molar-refractivity contribution in [3.8, 4) is 5.75 Å². The zero-order chi connectivity index (χ0) is 20.3. The van der Waals surface area contributed by atoms with E-state index in [1.807, 2.05) is 0 Å². The van der Waals surface area contributed by atoms with Crippen LogP contribution in [0, 0.1) is 0 Å². The lowest BCUT2D eigenvalue weighted by Gasteiger charge is -2.10. The second-order valence-electron chi connectivity index (χ2n) is 5.98. The molecular weight excluding hydrogens is 364 g/mol. The fourth-order valence-corrected chi connectivity index (χ4v) is 2.76. The fraction of sp³-hybridized carbons (Fsp3) is 0.200. The van der Waals surface area contributed by atoms with Crippen LogP contribution in [-0.2, 0) is 9.53 Å². The molecule has 0 aromatic heterocycles. The number of fused-ring (bicyclic) bond motifs is 1. The SMILES string of the molecule is CCOc1ccccc1C(=O)OCC(=O)Nc1ccc2c(c1)C(=O)N(C)C2=O. The van der Waals surface area contributed by atoms with E-state index in [9.17, 15) is 19.2 Å². The smallest absolute Gasteiger partial charge is 0.342 e. The lowest BCUT2D eigenvalue weighted by Crippen LogP contribution is -2.24. The Bertz CT molecular complexity index is 969. The predicted molar refractivity (Wildman–Crippen MR) is 99.4 cm³/mol. The predicted octanol–water partition coefficient (Wildman–Crippen LogP) is 2.11. The molecule has 0 radical (unpaired) electrons. The van der Waals surface area contributed by atoms with Gasteiger partial charge in [0.2, 0.25) is 0 Å². The van der Waals surface area contributed by atoms with E-state index in [4.69, 9.17) is 9.47 Å². The number of rotatable bonds is 6. The second-order valence-corrected chi connectivity index (χ2v) is 5.98. The number of benzene rings is 2. The van der Waals surface area contributed by atoms with Gasteiger partial charge >= 0.3 is 5.97 Å². The Balaban J connectivity index is 1.62. The molecule has 28 heavy (non-hydrogen) atoms. The maximum absolute atomic E-state index is 12.2. The summed E-state index contributed by atoms with van der Waals surface area (Å²) >= 11 is 0. The Labute approximate surface area is 161 Å². The number of ether oxygens (including phenoxy) is 2. The van der Waals surface area contributed by atoms with E-state index in [2.05, 4.69) is 5.32 Å². The summed E-state index contributed by atoms with van der Waals surface area (Å²) in [6.07, 6.45) is 0. The molecule has 0 spiro atoms. The van der Waals surface area contributed by atoms with Crippen LogP contribution < -0.4 is 10.1 Å². The number of imide groups is 1. The van der Waals surface area contributed by atoms with Gasteiger partial charge in [-0.25, -0.2) is 4.79 Å². The van der Waals surface area contributed by atoms with Gasteiger partial charge in [-0.2, -0.15) is 0 Å². The van der Waals surface area contributed by atoms with Crippen molar-refractivity contribution in [2.45, 2.75) is 6.92 Å². The molecule has 2 aromatic carbocycles. The maximum Gasteiger partial charge on any atom is 0.342 e. The molecule has 8 heteroatoms. The van der Waals surface area contributed by atoms with Crippen molar-refractivity contribution >= 4 is 29.4 Å². The summed E-state index contributed by atoms with van der Waals surface area (Å²) in [6, 6.07) is 11.0. The molecule has 8 nitrogen and oxygen atoms in total. The molecular formula is C20H18N2O6. The van der Waals surface area contributed by atoms with Crippen molar-refractivity contribution in [1.82, 2.24) is 4.90 Å². The van der Waals surface area contributed by atoms with Gasteiger partial charge in [0.25, 0.3) is 17.7 Å². The summed E-state index contributed by atoms with van der Waals surface area (Å²) in [6.45, 7) is 1.67. The minimum atomic E-state index is -0.685. The lowest BCUT2D eigenvalue weighted by molar-refractivity contribution is -0.119. The van der Waals surface area contributed by atoms with Gasteiger partial charge in [-0.3, -0.25) is 19.3 Å². The van der Waals surface area contributed by atoms with Gasteiger partial charge in [0.1, 0.15) is 11.3 Å². The van der Waals surface area contributed by atoms with Crippen molar-refractivity contribution in [1.29, 1.82) is 0 Å². The summed E-state index contributed by atoms with van der Waals surface area (Å²) in [5, 5.41) is 2.54. The van der Waals surface area contributed by atoms with Crippen molar-refractivity contribution in [3.05, 3.63) is 59.2 Å². The first kappa shape index (κ1) is 19.1. The van der Waals surface area contributed by atoms with Gasteiger partial charge in [-0.15, -0.1) is 0 Å². The van der Waals surface area contributed by atoms with Crippen LogP contribution in [-0.4, -0.2) is 48.9 Å². The van der Waals surface area contributed by atoms with Crippen molar-refractivity contribution in [2.75, 3.05) is 25.6 Å². The molecule has 0 unspecified atom stereocenters. The van der Waals surface area contributed by atoms with Crippen LogP contribution in [0.5, 0.6) is 5.75 Å². The Kier molecular flexibility index (Phi) is 5.39. The molecule has 2 aromatic rings. The highest BCUT2D eigenvalue weighted by atomic mass is 16.5. The monoisotopic (exact) mass is 382 g/mol. The number of carbonyl (C=O) groups is 4. The average molecular weight is 382 g/mol. The molecule has 0 saturated heterocycles. The van der Waals surface area contributed by atoms with Crippen LogP contribution in [0.2, 0.25) is 0 Å². The van der Waals surface area contributed by atoms with Gasteiger partial charge < -0.3 is 14.8 Å². The first-order valence-electron chi connectivity index (χ1n) is 8.57. The number of anilines is 1. The van der Waals surface area contributed by atoms with E-state index in [-0.39, 0.29) is 22.6 Å². The number of hydrogen-bond acceptors (Lipinski definition) is 6. The number of amides is 3. The van der Waals surface area contributed by atoms with Crippen molar-refractivity contribution in [3.63, 3.8) is 0 Å². The minimum Gasteiger partial charge on any atom is -0.493 e. The Morgan fingerprint density at radius 1 is 1.04 bits per heavy atom. The van der Waals surface area contributed by atoms with E-state index >= 15 is 0 Å². The highest BCUT2D eigenvalue weighted by Crippen LogP contribution is 2.24. The van der Waals surface area contributed by atoms with E-state index in [0.29, 0.717) is 18.0 Å². The molecule has 1 aliphatic heterocycles. The van der Waals surface area contributed by atoms with Gasteiger partial charge in [-0.1, -0.05) is 12.1 Å². The molecule has 0 bridgehead atoms. The molecule has 0 fully saturated rings. The van der Waals surface area contributed by atoms with E-state index in [1.54, 1.807) is 31.2 Å². The Hall–Kier alpha value is -3.68. The van der Waals surface area contributed by atoms with Gasteiger partial charge in [0.15, 0.2) is 6.61 Å². The molecule has 3 rings (SSSR count). The van der Waals surface area contributed by atoms with Crippen molar-refractivity contribution in [2.24, 2.45) is 0 Å². The van der Waals surface area contributed by atoms with Crippen molar-refractivity contribution < 1.29 is 28.7 Å². The van der Waals surface area contributed by atoms with Crippen LogP contribution in [0.3, 0.4) is 0 Å². The number of carbonyl (C=O) groups excluding carboxylic acids is 4. The molecule has 1 aliphatic rings. The molecule has 144 valence electrons. The summed E-state index contributed by atoms with van der Waals surface area (Å²) < 4.78 is 10.4. The van der Waals surface area contributed by atoms with Gasteiger partial charge in [-0.05, 0) is 37.3 Å². The molecule has 3 amide bonds. The topological polar surface area (TPSA) is 102 Å². The third-order valence-electron chi connectivity index (χ3n) is 4.11. The highest BCUT2D eigenvalue weighted by molar-refractivity contribution is 6.21. The Morgan fingerprint density at radius 2 is 1.75 bits per heavy atom. The standard InChI is InChI=1S/C20H18N2O6/c1-3-27-16-7-5-4-6-14(16)20(26)28-11-17(23)21-12-8-9-13-15(10-12)19(25)22(2)18(13)24/h4-10H,3,11H2,1-2H3,(H,21,23). The summed E-state index contributed by atoms with van der Waals surface area (Å²) in [7, 11) is 1.39. The van der Waals surface area contributed by atoms with Crippen LogP contribution in [0.1, 0.15) is 38.0 Å². The van der Waals surface area contributed by atoms with Crippen LogP contribution in [0.4, 0.5) is 5.69 Å². The van der Waals surface area contributed by atoms with Crippen LogP contribution >= 0.6 is 0 Å². The summed E-state index contributed by atoms with van der Waals surface area (Å²) in [5.41, 5.74) is 1.05. The average Bonchev–Trinajstić information content (AvgIpc) is 2.91. The highest BCUT2D eigenvalue weighted by Gasteiger charge is 2.32. The number of para-hydroxylation sites is 1. The van der Waals surface area contributed by atoms with Gasteiger partial charge in [0.05, 0.1) is 17.7 Å². The summed E-state index contributed by atoms with van der Waals surface area (Å²) in [5.74, 6) is -1.71. The number of hydrogen-bond donors (Lipinski definition) is 1. The molecule has 0 saturated carbocycles. The van der Waals surface area contributed by atoms with Gasteiger partial charge in [0, 0.05) is 12.7 Å². The third-order valence-corrected chi connectivity index (χ3v) is 4.11. The number of esters is 1. The maximum atomic E-state index is 12.2. The molecule has 1 N–H and O–H groups in total. The van der Waals surface area contributed by atoms with Crippen LogP contribution in [0.25, 0.3) is 0 Å². The minimum absolute atomic E-state index is 0.216. The van der Waals surface area contributed by atoms with E-state index in [0.717, 1.165) is 4.90 Å². The first-order valence-corrected chi connectivity index (χ1v) is 8.57. The number of nitrogens with one attached hydrogen (secondary N) is 1. The second kappa shape index (κ2) is 7.91. The first-order chi connectivity index (χ1) is 13.4. The fourth-order valence-electron chi connectivity index (χ4n) is 2.76. The van der Waals surface area contributed by atoms with Crippen LogP contribution in [0.15, 0.2) is 42.5 Å². The zero-order valence-corrected chi connectivity index (χ0v) is 15.4. The molecule has 0 aliphatic carbocycles. The lowest BCUT2D eigenvalue weighted by atomic mass is 10.1. The van der Waals surface area contributed by atoms with E-state index in [1.165, 1.54) is 25.2 Å². The Morgan fingerprint density at radius 3 is 2.50 bits per heavy atom. The summed E-state index contributed by atoms with van der Waals surface area (Å²) in [4.78, 5) is 49.2. The normalized spacial score (nSPS) is 12.6. The quantitative estimate of drug-likeness (QED) is 0.606. The van der Waals surface area contributed by atoms with E-state index < -0.39 is 24.4 Å². The largest absolute Gasteiger partial charge is 0.493 e. The number of nitrogens with zero attached hydrogens (tertiary/aromatic N) is 1. The zero-order valence-electron chi connectivity index (χ0n) is 15.4. The molecule has 1 heterocycles.